The van der Waals surface area contributed by atoms with E-state index in [1.54, 1.807) is 0 Å². The molecule has 0 fully saturated rings. The Labute approximate surface area is 94.9 Å². The van der Waals surface area contributed by atoms with Gasteiger partial charge in [-0.3, -0.25) is 4.79 Å². The first kappa shape index (κ1) is 10.9. The number of nitrogens with two attached hydrogens (primary N) is 1. The summed E-state index contributed by atoms with van der Waals surface area (Å²) in [5.41, 5.74) is 7.32. The minimum atomic E-state index is 0.183. The van der Waals surface area contributed by atoms with E-state index < -0.39 is 0 Å². The molecule has 0 saturated heterocycles. The molecule has 84 valence electrons. The number of Topliss-reactive ketones (excluding diaryl/α,β-unsaturated/α-hetero) is 1. The molecule has 1 heterocycles. The zero-order valence-corrected chi connectivity index (χ0v) is 9.44. The predicted octanol–water partition coefficient (Wildman–Crippen LogP) is 2.10. The maximum atomic E-state index is 12.0. The number of rotatable bonds is 4. The van der Waals surface area contributed by atoms with E-state index in [2.05, 4.69) is 0 Å². The number of hydrogen-bond acceptors (Lipinski definition) is 2. The van der Waals surface area contributed by atoms with E-state index in [0.29, 0.717) is 13.0 Å². The van der Waals surface area contributed by atoms with Gasteiger partial charge in [0.25, 0.3) is 0 Å². The van der Waals surface area contributed by atoms with Crippen LogP contribution in [0.2, 0.25) is 0 Å². The molecule has 0 saturated carbocycles. The maximum absolute atomic E-state index is 12.0. The zero-order chi connectivity index (χ0) is 11.5. The van der Waals surface area contributed by atoms with Crippen LogP contribution in [0.1, 0.15) is 23.2 Å². The van der Waals surface area contributed by atoms with Gasteiger partial charge in [0.2, 0.25) is 0 Å². The van der Waals surface area contributed by atoms with Gasteiger partial charge in [-0.15, -0.1) is 0 Å². The monoisotopic (exact) mass is 216 g/mol. The lowest BCUT2D eigenvalue weighted by Gasteiger charge is -1.97. The molecule has 2 N–H and O–H groups in total. The molecule has 0 aliphatic rings. The fourth-order valence-corrected chi connectivity index (χ4v) is 1.96. The van der Waals surface area contributed by atoms with E-state index >= 15 is 0 Å². The van der Waals surface area contributed by atoms with Gasteiger partial charge in [-0.05, 0) is 19.0 Å². The van der Waals surface area contributed by atoms with Gasteiger partial charge in [-0.2, -0.15) is 0 Å². The SMILES string of the molecule is Cn1cc(C(=O)CCCN)c2ccccc21. The lowest BCUT2D eigenvalue weighted by molar-refractivity contribution is 0.0982. The second-order valence-electron chi connectivity index (χ2n) is 3.99. The Bertz CT molecular complexity index is 514. The average molecular weight is 216 g/mol. The minimum Gasteiger partial charge on any atom is -0.350 e. The fourth-order valence-electron chi connectivity index (χ4n) is 1.96. The van der Waals surface area contributed by atoms with E-state index in [-0.39, 0.29) is 5.78 Å². The molecule has 1 aromatic carbocycles. The van der Waals surface area contributed by atoms with Crippen LogP contribution in [0, 0.1) is 0 Å². The number of benzene rings is 1. The Kier molecular flexibility index (Phi) is 3.06. The molecule has 0 spiro atoms. The molecule has 0 radical (unpaired) electrons. The number of aromatic nitrogens is 1. The van der Waals surface area contributed by atoms with Crippen LogP contribution in [0.3, 0.4) is 0 Å². The first-order chi connectivity index (χ1) is 7.74. The molecule has 3 nitrogen and oxygen atoms in total. The summed E-state index contributed by atoms with van der Waals surface area (Å²) in [4.78, 5) is 12.0. The summed E-state index contributed by atoms with van der Waals surface area (Å²) in [5.74, 6) is 0.183. The largest absolute Gasteiger partial charge is 0.350 e. The van der Waals surface area contributed by atoms with Crippen LogP contribution < -0.4 is 5.73 Å². The molecule has 2 aromatic rings. The first-order valence-electron chi connectivity index (χ1n) is 5.51. The lowest BCUT2D eigenvalue weighted by Crippen LogP contribution is -2.04. The summed E-state index contributed by atoms with van der Waals surface area (Å²) in [6.45, 7) is 0.566. The molecule has 0 aliphatic carbocycles. The second-order valence-corrected chi connectivity index (χ2v) is 3.99. The highest BCUT2D eigenvalue weighted by molar-refractivity contribution is 6.08. The summed E-state index contributed by atoms with van der Waals surface area (Å²) in [7, 11) is 1.96. The van der Waals surface area contributed by atoms with Crippen molar-refractivity contribution in [2.75, 3.05) is 6.54 Å². The topological polar surface area (TPSA) is 48.0 Å². The van der Waals surface area contributed by atoms with Crippen molar-refractivity contribution in [1.82, 2.24) is 4.57 Å². The van der Waals surface area contributed by atoms with Gasteiger partial charge in [-0.25, -0.2) is 0 Å². The normalized spacial score (nSPS) is 10.9. The maximum Gasteiger partial charge on any atom is 0.165 e. The highest BCUT2D eigenvalue weighted by Gasteiger charge is 2.12. The number of carbonyl (C=O) groups excluding carboxylic acids is 1. The average Bonchev–Trinajstić information content (AvgIpc) is 2.65. The first-order valence-corrected chi connectivity index (χ1v) is 5.51. The fraction of sp³-hybridized carbons (Fsp3) is 0.308. The molecule has 0 aliphatic heterocycles. The molecule has 1 aromatic heterocycles. The standard InChI is InChI=1S/C13H16N2O/c1-15-9-11(13(16)7-4-8-14)10-5-2-3-6-12(10)15/h2-3,5-6,9H,4,7-8,14H2,1H3. The number of nitrogens with zero attached hydrogens (tertiary/aromatic N) is 1. The van der Waals surface area contributed by atoms with E-state index in [1.165, 1.54) is 0 Å². The van der Waals surface area contributed by atoms with Crippen LogP contribution in [0.25, 0.3) is 10.9 Å². The summed E-state index contributed by atoms with van der Waals surface area (Å²) in [6, 6.07) is 7.96. The number of aryl methyl sites for hydroxylation is 1. The minimum absolute atomic E-state index is 0.183. The van der Waals surface area contributed by atoms with Gasteiger partial charge in [0, 0.05) is 36.1 Å². The van der Waals surface area contributed by atoms with Crippen molar-refractivity contribution in [3.63, 3.8) is 0 Å². The van der Waals surface area contributed by atoms with Crippen LogP contribution in [-0.2, 0) is 7.05 Å². The Hall–Kier alpha value is -1.61. The van der Waals surface area contributed by atoms with Gasteiger partial charge in [0.1, 0.15) is 0 Å². The van der Waals surface area contributed by atoms with Gasteiger partial charge < -0.3 is 10.3 Å². The number of para-hydroxylation sites is 1. The smallest absolute Gasteiger partial charge is 0.165 e. The second kappa shape index (κ2) is 4.49. The molecular formula is C13H16N2O. The molecule has 0 amide bonds. The summed E-state index contributed by atoms with van der Waals surface area (Å²) < 4.78 is 1.99. The highest BCUT2D eigenvalue weighted by atomic mass is 16.1. The van der Waals surface area contributed by atoms with Crippen molar-refractivity contribution in [3.8, 4) is 0 Å². The van der Waals surface area contributed by atoms with Crippen molar-refractivity contribution in [1.29, 1.82) is 0 Å². The third-order valence-corrected chi connectivity index (χ3v) is 2.81. The lowest BCUT2D eigenvalue weighted by atomic mass is 10.1. The van der Waals surface area contributed by atoms with Crippen LogP contribution in [-0.4, -0.2) is 16.9 Å². The summed E-state index contributed by atoms with van der Waals surface area (Å²) in [5, 5.41) is 1.03. The van der Waals surface area contributed by atoms with Crippen LogP contribution in [0.4, 0.5) is 0 Å². The number of carbonyl (C=O) groups is 1. The molecule has 3 heteroatoms. The molecule has 2 rings (SSSR count). The molecule has 0 bridgehead atoms. The quantitative estimate of drug-likeness (QED) is 0.796. The Morgan fingerprint density at radius 3 is 2.88 bits per heavy atom. The van der Waals surface area contributed by atoms with Crippen molar-refractivity contribution in [3.05, 3.63) is 36.0 Å². The Morgan fingerprint density at radius 2 is 2.12 bits per heavy atom. The van der Waals surface area contributed by atoms with Gasteiger partial charge in [0.05, 0.1) is 0 Å². The van der Waals surface area contributed by atoms with Gasteiger partial charge in [-0.1, -0.05) is 18.2 Å². The van der Waals surface area contributed by atoms with Crippen molar-refractivity contribution in [2.45, 2.75) is 12.8 Å². The Morgan fingerprint density at radius 1 is 1.38 bits per heavy atom. The van der Waals surface area contributed by atoms with Crippen LogP contribution in [0.5, 0.6) is 0 Å². The third kappa shape index (κ3) is 1.86. The van der Waals surface area contributed by atoms with E-state index in [9.17, 15) is 4.79 Å². The van der Waals surface area contributed by atoms with Crippen molar-refractivity contribution >= 4 is 16.7 Å². The van der Waals surface area contributed by atoms with Gasteiger partial charge in [0.15, 0.2) is 5.78 Å². The molecule has 0 atom stereocenters. The molecule has 16 heavy (non-hydrogen) atoms. The van der Waals surface area contributed by atoms with Crippen molar-refractivity contribution < 1.29 is 4.79 Å². The van der Waals surface area contributed by atoms with Gasteiger partial charge >= 0.3 is 0 Å². The van der Waals surface area contributed by atoms with Crippen molar-refractivity contribution in [2.24, 2.45) is 12.8 Å². The summed E-state index contributed by atoms with van der Waals surface area (Å²) in [6.07, 6.45) is 3.19. The number of hydrogen-bond donors (Lipinski definition) is 1. The Balaban J connectivity index is 2.41. The van der Waals surface area contributed by atoms with Crippen LogP contribution in [0.15, 0.2) is 30.5 Å². The predicted molar refractivity (Wildman–Crippen MR) is 65.5 cm³/mol. The van der Waals surface area contributed by atoms with E-state index in [1.807, 2.05) is 42.1 Å². The highest BCUT2D eigenvalue weighted by Crippen LogP contribution is 2.21. The van der Waals surface area contributed by atoms with E-state index in [0.717, 1.165) is 22.9 Å². The van der Waals surface area contributed by atoms with E-state index in [4.69, 9.17) is 5.73 Å². The van der Waals surface area contributed by atoms with Crippen LogP contribution >= 0.6 is 0 Å². The number of ketones is 1. The number of fused-ring (bicyclic) bond motifs is 1. The third-order valence-electron chi connectivity index (χ3n) is 2.81. The summed E-state index contributed by atoms with van der Waals surface area (Å²) >= 11 is 0. The molecule has 0 unspecified atom stereocenters. The molecular weight excluding hydrogens is 200 g/mol. The zero-order valence-electron chi connectivity index (χ0n) is 9.44.